The fourth-order valence-corrected chi connectivity index (χ4v) is 4.15. The molecular formula is C22H19BrClN5O6. The van der Waals surface area contributed by atoms with Gasteiger partial charge in [-0.1, -0.05) is 27.5 Å². The summed E-state index contributed by atoms with van der Waals surface area (Å²) >= 11 is 9.60. The third-order valence-electron chi connectivity index (χ3n) is 5.24. The molecule has 0 unspecified atom stereocenters. The van der Waals surface area contributed by atoms with E-state index in [4.69, 9.17) is 21.1 Å². The third-order valence-corrected chi connectivity index (χ3v) is 6.01. The van der Waals surface area contributed by atoms with E-state index in [0.29, 0.717) is 47.5 Å². The van der Waals surface area contributed by atoms with Crippen LogP contribution in [0.4, 0.5) is 5.69 Å². The first-order valence-electron chi connectivity index (χ1n) is 10.4. The first kappa shape index (κ1) is 24.8. The zero-order chi connectivity index (χ0) is 25.1. The van der Waals surface area contributed by atoms with Crippen molar-refractivity contribution >= 4 is 56.2 Å². The Kier molecular flexibility index (Phi) is 7.43. The van der Waals surface area contributed by atoms with Crippen LogP contribution in [-0.2, 0) is 9.53 Å². The first-order valence-corrected chi connectivity index (χ1v) is 11.6. The quantitative estimate of drug-likeness (QED) is 0.255. The van der Waals surface area contributed by atoms with Gasteiger partial charge in [0, 0.05) is 29.2 Å². The predicted molar refractivity (Wildman–Crippen MR) is 132 cm³/mol. The minimum Gasteiger partial charge on any atom is -0.476 e. The lowest BCUT2D eigenvalue weighted by molar-refractivity contribution is -0.385. The summed E-state index contributed by atoms with van der Waals surface area (Å²) in [5.74, 6) is -0.209. The van der Waals surface area contributed by atoms with E-state index < -0.39 is 22.8 Å². The molecule has 0 spiro atoms. The number of carbonyl (C=O) groups is 1. The van der Waals surface area contributed by atoms with Crippen molar-refractivity contribution in [3.8, 4) is 5.75 Å². The van der Waals surface area contributed by atoms with Crippen LogP contribution < -0.4 is 10.3 Å². The van der Waals surface area contributed by atoms with Crippen LogP contribution in [0.2, 0.25) is 5.02 Å². The monoisotopic (exact) mass is 563 g/mol. The van der Waals surface area contributed by atoms with E-state index in [-0.39, 0.29) is 22.2 Å². The lowest BCUT2D eigenvalue weighted by atomic mass is 10.2. The van der Waals surface area contributed by atoms with Gasteiger partial charge in [-0.2, -0.15) is 9.78 Å². The smallest absolute Gasteiger partial charge is 0.313 e. The predicted octanol–water partition coefficient (Wildman–Crippen LogP) is 3.15. The van der Waals surface area contributed by atoms with Crippen LogP contribution in [-0.4, -0.2) is 64.5 Å². The van der Waals surface area contributed by atoms with Crippen molar-refractivity contribution in [2.75, 3.05) is 32.9 Å². The molecule has 1 aliphatic rings. The fourth-order valence-electron chi connectivity index (χ4n) is 3.51. The molecule has 0 radical (unpaired) electrons. The number of aromatic nitrogens is 2. The zero-order valence-corrected chi connectivity index (χ0v) is 20.8. The number of nitro groups is 1. The molecule has 0 saturated carbocycles. The van der Waals surface area contributed by atoms with E-state index in [1.54, 1.807) is 30.0 Å². The van der Waals surface area contributed by atoms with Gasteiger partial charge in [-0.15, -0.1) is 0 Å². The summed E-state index contributed by atoms with van der Waals surface area (Å²) in [5.41, 5.74) is -0.0475. The van der Waals surface area contributed by atoms with E-state index in [2.05, 4.69) is 26.0 Å². The molecule has 1 amide bonds. The van der Waals surface area contributed by atoms with E-state index in [0.717, 1.165) is 4.68 Å². The summed E-state index contributed by atoms with van der Waals surface area (Å²) < 4.78 is 12.5. The van der Waals surface area contributed by atoms with Crippen LogP contribution in [0.25, 0.3) is 10.9 Å². The number of nitrogens with zero attached hydrogens (tertiary/aromatic N) is 5. The Balaban J connectivity index is 1.61. The Morgan fingerprint density at radius 1 is 1.34 bits per heavy atom. The van der Waals surface area contributed by atoms with E-state index in [1.165, 1.54) is 18.3 Å². The molecule has 1 fully saturated rings. The van der Waals surface area contributed by atoms with Crippen molar-refractivity contribution in [1.29, 1.82) is 0 Å². The fraction of sp³-hybridized carbons (Fsp3) is 0.273. The number of ether oxygens (including phenoxy) is 2. The Bertz CT molecular complexity index is 1400. The van der Waals surface area contributed by atoms with E-state index in [1.807, 2.05) is 0 Å². The molecule has 1 saturated heterocycles. The maximum Gasteiger partial charge on any atom is 0.313 e. The highest BCUT2D eigenvalue weighted by Crippen LogP contribution is 2.36. The lowest BCUT2D eigenvalue weighted by Gasteiger charge is -2.26. The number of amides is 1. The van der Waals surface area contributed by atoms with Crippen LogP contribution in [0, 0.1) is 17.0 Å². The lowest BCUT2D eigenvalue weighted by Crippen LogP contribution is -2.43. The molecule has 182 valence electrons. The second-order valence-electron chi connectivity index (χ2n) is 7.57. The normalized spacial score (nSPS) is 14.0. The minimum atomic E-state index is -0.662. The second-order valence-corrected chi connectivity index (χ2v) is 8.89. The van der Waals surface area contributed by atoms with Gasteiger partial charge in [-0.25, -0.2) is 4.98 Å². The van der Waals surface area contributed by atoms with Gasteiger partial charge in [0.25, 0.3) is 11.5 Å². The van der Waals surface area contributed by atoms with Gasteiger partial charge in [0.05, 0.1) is 40.3 Å². The van der Waals surface area contributed by atoms with Crippen molar-refractivity contribution in [1.82, 2.24) is 14.6 Å². The van der Waals surface area contributed by atoms with Gasteiger partial charge in [0.15, 0.2) is 6.61 Å². The molecule has 2 aromatic carbocycles. The first-order chi connectivity index (χ1) is 16.7. The largest absolute Gasteiger partial charge is 0.476 e. The summed E-state index contributed by atoms with van der Waals surface area (Å²) in [7, 11) is 0. The highest BCUT2D eigenvalue weighted by molar-refractivity contribution is 9.10. The number of benzene rings is 2. The number of aryl methyl sites for hydroxylation is 1. The van der Waals surface area contributed by atoms with Gasteiger partial charge in [-0.05, 0) is 31.2 Å². The van der Waals surface area contributed by atoms with Gasteiger partial charge in [-0.3, -0.25) is 19.7 Å². The van der Waals surface area contributed by atoms with E-state index in [9.17, 15) is 19.7 Å². The topological polar surface area (TPSA) is 129 Å². The Morgan fingerprint density at radius 3 is 2.80 bits per heavy atom. The van der Waals surface area contributed by atoms with Crippen LogP contribution in [0.1, 0.15) is 11.4 Å². The van der Waals surface area contributed by atoms with Crippen LogP contribution in [0.5, 0.6) is 5.75 Å². The molecule has 11 nitrogen and oxygen atoms in total. The molecule has 0 N–H and O–H groups in total. The number of nitro benzene ring substituents is 1. The van der Waals surface area contributed by atoms with Gasteiger partial charge >= 0.3 is 5.69 Å². The van der Waals surface area contributed by atoms with Crippen LogP contribution >= 0.6 is 27.5 Å². The number of hydrogen-bond donors (Lipinski definition) is 0. The van der Waals surface area contributed by atoms with Crippen LogP contribution in [0.15, 0.2) is 44.7 Å². The number of hydrogen-bond acceptors (Lipinski definition) is 8. The van der Waals surface area contributed by atoms with E-state index >= 15 is 0 Å². The third kappa shape index (κ3) is 5.50. The standard InChI is InChI=1S/C22H19BrClN5O6/c1-13-26-18-3-2-15(23)10-16(18)22(31)28(13)25-11-14-8-17(24)21(19(9-14)29(32)33)35-12-20(30)27-4-6-34-7-5-27/h2-3,8-11H,4-7,12H2,1H3. The van der Waals surface area contributed by atoms with Crippen molar-refractivity contribution in [3.63, 3.8) is 0 Å². The van der Waals surface area contributed by atoms with Crippen LogP contribution in [0.3, 0.4) is 0 Å². The summed E-state index contributed by atoms with van der Waals surface area (Å²) in [6.07, 6.45) is 1.27. The van der Waals surface area contributed by atoms with Crippen molar-refractivity contribution in [2.45, 2.75) is 6.92 Å². The second kappa shape index (κ2) is 10.5. The summed E-state index contributed by atoms with van der Waals surface area (Å²) in [6.45, 7) is 2.92. The van der Waals surface area contributed by atoms with Gasteiger partial charge < -0.3 is 14.4 Å². The van der Waals surface area contributed by atoms with Crippen molar-refractivity contribution in [3.05, 3.63) is 71.7 Å². The number of rotatable bonds is 6. The molecule has 4 rings (SSSR count). The summed E-state index contributed by atoms with van der Waals surface area (Å²) in [6, 6.07) is 7.74. The molecule has 2 heterocycles. The SMILES string of the molecule is Cc1nc2ccc(Br)cc2c(=O)n1N=Cc1cc(Cl)c(OCC(=O)N2CCOCC2)c([N+](=O)[O-])c1. The van der Waals surface area contributed by atoms with Gasteiger partial charge in [0.2, 0.25) is 5.75 Å². The number of fused-ring (bicyclic) bond motifs is 1. The zero-order valence-electron chi connectivity index (χ0n) is 18.4. The average Bonchev–Trinajstić information content (AvgIpc) is 2.83. The van der Waals surface area contributed by atoms with Crippen molar-refractivity contribution in [2.24, 2.45) is 5.10 Å². The maximum atomic E-state index is 12.9. The molecule has 1 aromatic heterocycles. The number of carbonyl (C=O) groups excluding carboxylic acids is 1. The maximum absolute atomic E-state index is 12.9. The number of halogens is 2. The molecule has 0 bridgehead atoms. The molecule has 13 heteroatoms. The van der Waals surface area contributed by atoms with Gasteiger partial charge in [0.1, 0.15) is 5.82 Å². The molecule has 35 heavy (non-hydrogen) atoms. The minimum absolute atomic E-state index is 0.0694. The molecular weight excluding hydrogens is 546 g/mol. The highest BCUT2D eigenvalue weighted by Gasteiger charge is 2.23. The highest BCUT2D eigenvalue weighted by atomic mass is 79.9. The molecule has 0 atom stereocenters. The average molecular weight is 565 g/mol. The molecule has 3 aromatic rings. The van der Waals surface area contributed by atoms with Crippen molar-refractivity contribution < 1.29 is 19.2 Å². The number of morpholine rings is 1. The summed E-state index contributed by atoms with van der Waals surface area (Å²) in [5, 5.41) is 16.1. The Labute approximate surface area is 212 Å². The molecule has 1 aliphatic heterocycles. The Hall–Kier alpha value is -3.35. The Morgan fingerprint density at radius 2 is 2.09 bits per heavy atom. The summed E-state index contributed by atoms with van der Waals surface area (Å²) in [4.78, 5) is 42.2. The molecule has 0 aliphatic carbocycles.